The molecule has 7 heteroatoms. The first-order chi connectivity index (χ1) is 10.4. The Labute approximate surface area is 123 Å². The fourth-order valence-corrected chi connectivity index (χ4v) is 2.02. The molecule has 22 heavy (non-hydrogen) atoms. The van der Waals surface area contributed by atoms with E-state index in [0.717, 1.165) is 17.8 Å². The molecule has 2 N–H and O–H groups in total. The lowest BCUT2D eigenvalue weighted by Gasteiger charge is -2.06. The molecule has 112 valence electrons. The number of fused-ring (bicyclic) bond motifs is 1. The van der Waals surface area contributed by atoms with Crippen LogP contribution in [-0.4, -0.2) is 14.6 Å². The smallest absolute Gasteiger partial charge is 0.399 e. The first-order valence-electron chi connectivity index (χ1n) is 6.39. The number of nitrogens with zero attached hydrogens (tertiary/aromatic N) is 3. The molecule has 0 atom stereocenters. The van der Waals surface area contributed by atoms with Crippen molar-refractivity contribution in [1.29, 1.82) is 0 Å². The van der Waals surface area contributed by atoms with Crippen LogP contribution < -0.4 is 5.73 Å². The van der Waals surface area contributed by atoms with Gasteiger partial charge < -0.3 is 5.73 Å². The molecule has 4 nitrogen and oxygen atoms in total. The van der Waals surface area contributed by atoms with Crippen molar-refractivity contribution in [3.05, 3.63) is 59.5 Å². The van der Waals surface area contributed by atoms with Crippen LogP contribution in [0.2, 0.25) is 0 Å². The average Bonchev–Trinajstić information content (AvgIpc) is 2.86. The summed E-state index contributed by atoms with van der Waals surface area (Å²) in [6.45, 7) is 0. The quantitative estimate of drug-likeness (QED) is 0.737. The normalized spacial score (nSPS) is 12.3. The molecule has 3 aromatic rings. The van der Waals surface area contributed by atoms with Crippen LogP contribution in [0.5, 0.6) is 0 Å². The van der Waals surface area contributed by atoms with Crippen molar-refractivity contribution in [1.82, 2.24) is 14.6 Å². The lowest BCUT2D eigenvalue weighted by Crippen LogP contribution is -2.06. The number of nitrogen functional groups attached to an aromatic ring is 1. The number of benzene rings is 1. The lowest BCUT2D eigenvalue weighted by molar-refractivity contribution is -0.137. The van der Waals surface area contributed by atoms with Crippen molar-refractivity contribution >= 4 is 23.5 Å². The van der Waals surface area contributed by atoms with Crippen LogP contribution in [0.25, 0.3) is 17.8 Å². The second kappa shape index (κ2) is 5.18. The van der Waals surface area contributed by atoms with E-state index in [4.69, 9.17) is 5.73 Å². The summed E-state index contributed by atoms with van der Waals surface area (Å²) in [6, 6.07) is 9.39. The summed E-state index contributed by atoms with van der Waals surface area (Å²) in [5, 5.41) is 7.72. The van der Waals surface area contributed by atoms with Gasteiger partial charge in [-0.25, -0.2) is 0 Å². The Morgan fingerprint density at radius 2 is 1.86 bits per heavy atom. The summed E-state index contributed by atoms with van der Waals surface area (Å²) in [6.07, 6.45) is -0.121. The summed E-state index contributed by atoms with van der Waals surface area (Å²) >= 11 is 0. The van der Waals surface area contributed by atoms with E-state index in [2.05, 4.69) is 10.2 Å². The van der Waals surface area contributed by atoms with Crippen molar-refractivity contribution in [2.45, 2.75) is 6.18 Å². The molecule has 0 aliphatic carbocycles. The minimum Gasteiger partial charge on any atom is -0.399 e. The van der Waals surface area contributed by atoms with Crippen LogP contribution in [0.3, 0.4) is 0 Å². The van der Waals surface area contributed by atoms with Crippen molar-refractivity contribution < 1.29 is 13.2 Å². The van der Waals surface area contributed by atoms with E-state index in [0.29, 0.717) is 17.2 Å². The van der Waals surface area contributed by atoms with Crippen LogP contribution in [0.4, 0.5) is 18.9 Å². The van der Waals surface area contributed by atoms with Gasteiger partial charge in [0.25, 0.3) is 0 Å². The van der Waals surface area contributed by atoms with E-state index in [-0.39, 0.29) is 0 Å². The van der Waals surface area contributed by atoms with Crippen LogP contribution in [0.15, 0.2) is 42.6 Å². The van der Waals surface area contributed by atoms with Gasteiger partial charge in [0.1, 0.15) is 0 Å². The SMILES string of the molecule is Nc1cccc(/C=C\c2nnc3ccc(C(F)(F)F)cn23)c1. The second-order valence-electron chi connectivity index (χ2n) is 4.71. The molecule has 0 bridgehead atoms. The van der Waals surface area contributed by atoms with Gasteiger partial charge in [0.15, 0.2) is 11.5 Å². The number of hydrogen-bond acceptors (Lipinski definition) is 3. The average molecular weight is 304 g/mol. The predicted octanol–water partition coefficient (Wildman–Crippen LogP) is 3.50. The molecule has 2 aromatic heterocycles. The third-order valence-electron chi connectivity index (χ3n) is 3.09. The number of halogens is 3. The molecule has 3 rings (SSSR count). The second-order valence-corrected chi connectivity index (χ2v) is 4.71. The van der Waals surface area contributed by atoms with Crippen LogP contribution >= 0.6 is 0 Å². The van der Waals surface area contributed by atoms with Crippen molar-refractivity contribution in [3.63, 3.8) is 0 Å². The fourth-order valence-electron chi connectivity index (χ4n) is 2.02. The van der Waals surface area contributed by atoms with Gasteiger partial charge in [0.05, 0.1) is 5.56 Å². The summed E-state index contributed by atoms with van der Waals surface area (Å²) in [5.41, 5.74) is 6.70. The number of hydrogen-bond donors (Lipinski definition) is 1. The molecule has 1 aromatic carbocycles. The molecular formula is C15H11F3N4. The topological polar surface area (TPSA) is 56.2 Å². The Bertz CT molecular complexity index is 849. The largest absolute Gasteiger partial charge is 0.417 e. The van der Waals surface area contributed by atoms with E-state index in [9.17, 15) is 13.2 Å². The van der Waals surface area contributed by atoms with Crippen molar-refractivity contribution in [3.8, 4) is 0 Å². The maximum atomic E-state index is 12.8. The van der Waals surface area contributed by atoms with Crippen molar-refractivity contribution in [2.75, 3.05) is 5.73 Å². The van der Waals surface area contributed by atoms with E-state index >= 15 is 0 Å². The molecule has 0 radical (unpaired) electrons. The van der Waals surface area contributed by atoms with Gasteiger partial charge in [0.2, 0.25) is 0 Å². The van der Waals surface area contributed by atoms with E-state index in [1.807, 2.05) is 6.07 Å². The predicted molar refractivity (Wildman–Crippen MR) is 77.8 cm³/mol. The Morgan fingerprint density at radius 1 is 1.05 bits per heavy atom. The van der Waals surface area contributed by atoms with E-state index in [1.54, 1.807) is 30.4 Å². The third-order valence-corrected chi connectivity index (χ3v) is 3.09. The highest BCUT2D eigenvalue weighted by Crippen LogP contribution is 2.29. The number of alkyl halides is 3. The van der Waals surface area contributed by atoms with Gasteiger partial charge in [-0.15, -0.1) is 10.2 Å². The molecule has 0 saturated carbocycles. The zero-order valence-electron chi connectivity index (χ0n) is 11.2. The minimum atomic E-state index is -4.41. The van der Waals surface area contributed by atoms with Gasteiger partial charge in [-0.3, -0.25) is 4.40 Å². The molecule has 0 amide bonds. The van der Waals surface area contributed by atoms with Gasteiger partial charge in [0, 0.05) is 11.9 Å². The zero-order valence-corrected chi connectivity index (χ0v) is 11.2. The standard InChI is InChI=1S/C15H11F3N4/c16-15(17,18)11-5-7-14-21-20-13(22(14)9-11)6-4-10-2-1-3-12(19)8-10/h1-9H,19H2/b6-4-. The highest BCUT2D eigenvalue weighted by Gasteiger charge is 2.31. The first-order valence-corrected chi connectivity index (χ1v) is 6.39. The molecule has 0 aliphatic rings. The van der Waals surface area contributed by atoms with E-state index < -0.39 is 11.7 Å². The third kappa shape index (κ3) is 2.78. The molecule has 0 spiro atoms. The highest BCUT2D eigenvalue weighted by atomic mass is 19.4. The first kappa shape index (κ1) is 14.1. The monoisotopic (exact) mass is 304 g/mol. The van der Waals surface area contributed by atoms with Gasteiger partial charge in [-0.2, -0.15) is 13.2 Å². The van der Waals surface area contributed by atoms with Gasteiger partial charge in [-0.05, 0) is 35.9 Å². The fraction of sp³-hybridized carbons (Fsp3) is 0.0667. The van der Waals surface area contributed by atoms with Crippen LogP contribution in [0, 0.1) is 0 Å². The minimum absolute atomic E-state index is 0.309. The Hall–Kier alpha value is -2.83. The molecule has 0 saturated heterocycles. The van der Waals surface area contributed by atoms with Crippen LogP contribution in [-0.2, 0) is 6.18 Å². The molecule has 0 aliphatic heterocycles. The summed E-state index contributed by atoms with van der Waals surface area (Å²) in [5.74, 6) is 0.309. The Morgan fingerprint density at radius 3 is 2.59 bits per heavy atom. The maximum absolute atomic E-state index is 12.8. The molecular weight excluding hydrogens is 293 g/mol. The Kier molecular flexibility index (Phi) is 3.32. The number of aromatic nitrogens is 3. The molecule has 0 fully saturated rings. The van der Waals surface area contributed by atoms with Crippen molar-refractivity contribution in [2.24, 2.45) is 0 Å². The number of pyridine rings is 1. The van der Waals surface area contributed by atoms with Gasteiger partial charge >= 0.3 is 6.18 Å². The summed E-state index contributed by atoms with van der Waals surface area (Å²) < 4.78 is 39.6. The summed E-state index contributed by atoms with van der Waals surface area (Å²) in [4.78, 5) is 0. The van der Waals surface area contributed by atoms with E-state index in [1.165, 1.54) is 10.5 Å². The van der Waals surface area contributed by atoms with Gasteiger partial charge in [-0.1, -0.05) is 18.2 Å². The Balaban J connectivity index is 2.00. The highest BCUT2D eigenvalue weighted by molar-refractivity contribution is 5.69. The summed E-state index contributed by atoms with van der Waals surface area (Å²) in [7, 11) is 0. The molecule has 0 unspecified atom stereocenters. The molecule has 2 heterocycles. The number of rotatable bonds is 2. The lowest BCUT2D eigenvalue weighted by atomic mass is 10.2. The maximum Gasteiger partial charge on any atom is 0.417 e. The number of nitrogens with two attached hydrogens (primary N) is 1. The zero-order chi connectivity index (χ0) is 15.7. The van der Waals surface area contributed by atoms with Crippen LogP contribution in [0.1, 0.15) is 17.0 Å². The number of anilines is 1.